The molecular weight excluding hydrogens is 627 g/mol. The third-order valence-electron chi connectivity index (χ3n) is 8.34. The Morgan fingerprint density at radius 1 is 0.917 bits per heavy atom. The van der Waals surface area contributed by atoms with Crippen LogP contribution in [-0.2, 0) is 7.05 Å². The van der Waals surface area contributed by atoms with Gasteiger partial charge in [0, 0.05) is 49.1 Å². The maximum Gasteiger partial charge on any atom is 0.333 e. The fourth-order valence-corrected chi connectivity index (χ4v) is 5.92. The first-order valence-electron chi connectivity index (χ1n) is 15.5. The van der Waals surface area contributed by atoms with Gasteiger partial charge in [0.25, 0.3) is 5.91 Å². The lowest BCUT2D eigenvalue weighted by Crippen LogP contribution is -2.24. The molecule has 0 radical (unpaired) electrons. The average molecular weight is 662 g/mol. The van der Waals surface area contributed by atoms with E-state index in [1.165, 1.54) is 45.0 Å². The van der Waals surface area contributed by atoms with Gasteiger partial charge in [0.15, 0.2) is 34.7 Å². The van der Waals surface area contributed by atoms with Crippen LogP contribution < -0.4 is 25.2 Å². The minimum absolute atomic E-state index is 0.0439. The Morgan fingerprint density at radius 2 is 1.71 bits per heavy atom. The second kappa shape index (κ2) is 13.8. The van der Waals surface area contributed by atoms with Crippen molar-refractivity contribution in [2.24, 2.45) is 7.05 Å². The van der Waals surface area contributed by atoms with Crippen LogP contribution in [0.4, 0.5) is 18.9 Å². The van der Waals surface area contributed by atoms with Gasteiger partial charge in [0.2, 0.25) is 0 Å². The molecule has 1 saturated heterocycles. The Morgan fingerprint density at radius 3 is 2.44 bits per heavy atom. The van der Waals surface area contributed by atoms with Crippen molar-refractivity contribution in [2.45, 2.75) is 26.2 Å². The molecule has 0 unspecified atom stereocenters. The molecule has 1 fully saturated rings. The highest BCUT2D eigenvalue weighted by atomic mass is 19.2. The van der Waals surface area contributed by atoms with Crippen LogP contribution >= 0.6 is 0 Å². The smallest absolute Gasteiger partial charge is 0.333 e. The number of aromatic nitrogens is 3. The minimum Gasteiger partial charge on any atom is -0.493 e. The average Bonchev–Trinajstić information content (AvgIpc) is 3.67. The number of anilines is 1. The summed E-state index contributed by atoms with van der Waals surface area (Å²) in [5, 5.41) is 3.17. The summed E-state index contributed by atoms with van der Waals surface area (Å²) >= 11 is 0. The van der Waals surface area contributed by atoms with Crippen LogP contribution in [0.3, 0.4) is 0 Å². The first kappa shape index (κ1) is 32.6. The molecule has 3 heterocycles. The van der Waals surface area contributed by atoms with Gasteiger partial charge in [-0.1, -0.05) is 0 Å². The number of ether oxygens (including phenoxy) is 3. The molecule has 5 aromatic rings. The lowest BCUT2D eigenvalue weighted by molar-refractivity contribution is 0.101. The van der Waals surface area contributed by atoms with Gasteiger partial charge in [-0.25, -0.2) is 18.0 Å². The Bertz CT molecular complexity index is 2060. The van der Waals surface area contributed by atoms with Crippen LogP contribution in [0.5, 0.6) is 23.0 Å². The third-order valence-corrected chi connectivity index (χ3v) is 8.34. The third kappa shape index (κ3) is 6.58. The zero-order chi connectivity index (χ0) is 33.9. The quantitative estimate of drug-likeness (QED) is 0.164. The number of likely N-dealkylation sites (tertiary alicyclic amines) is 1. The fourth-order valence-electron chi connectivity index (χ4n) is 5.92. The number of rotatable bonds is 11. The Kier molecular flexibility index (Phi) is 9.40. The molecule has 1 aliphatic heterocycles. The molecular formula is C35H34F3N5O5. The Hall–Kier alpha value is -5.30. The molecule has 1 N–H and O–H groups in total. The van der Waals surface area contributed by atoms with Crippen molar-refractivity contribution >= 4 is 22.5 Å². The number of amides is 1. The number of halogens is 3. The van der Waals surface area contributed by atoms with Crippen LogP contribution in [0.2, 0.25) is 0 Å². The summed E-state index contributed by atoms with van der Waals surface area (Å²) in [6.45, 7) is 5.26. The van der Waals surface area contributed by atoms with Crippen molar-refractivity contribution in [3.63, 3.8) is 0 Å². The van der Waals surface area contributed by atoms with Gasteiger partial charge in [0.1, 0.15) is 11.4 Å². The van der Waals surface area contributed by atoms with Crippen molar-refractivity contribution in [2.75, 3.05) is 38.7 Å². The van der Waals surface area contributed by atoms with Crippen LogP contribution in [-0.4, -0.2) is 58.3 Å². The van der Waals surface area contributed by atoms with E-state index < -0.39 is 29.0 Å². The molecule has 0 atom stereocenters. The highest BCUT2D eigenvalue weighted by Gasteiger charge is 2.23. The van der Waals surface area contributed by atoms with E-state index in [0.717, 1.165) is 53.4 Å². The second-order valence-electron chi connectivity index (χ2n) is 11.5. The van der Waals surface area contributed by atoms with Gasteiger partial charge in [-0.05, 0) is 75.7 Å². The summed E-state index contributed by atoms with van der Waals surface area (Å²) in [5.41, 5.74) is 0.223. The summed E-state index contributed by atoms with van der Waals surface area (Å²) < 4.78 is 62.4. The fraction of sp³-hybridized carbons (Fsp3) is 0.286. The first-order chi connectivity index (χ1) is 23.1. The number of benzene rings is 3. The van der Waals surface area contributed by atoms with E-state index in [-0.39, 0.29) is 28.5 Å². The molecule has 3 aromatic carbocycles. The van der Waals surface area contributed by atoms with Gasteiger partial charge in [0.05, 0.1) is 30.6 Å². The number of nitrogens with zero attached hydrogens (tertiary/aromatic N) is 4. The summed E-state index contributed by atoms with van der Waals surface area (Å²) in [6, 6.07) is 12.0. The topological polar surface area (TPSA) is 99.9 Å². The minimum atomic E-state index is -1.14. The normalized spacial score (nSPS) is 13.2. The summed E-state index contributed by atoms with van der Waals surface area (Å²) in [6.07, 6.45) is 4.91. The van der Waals surface area contributed by atoms with Gasteiger partial charge >= 0.3 is 5.69 Å². The number of fused-ring (bicyclic) bond motifs is 1. The van der Waals surface area contributed by atoms with Gasteiger partial charge < -0.3 is 24.4 Å². The standard InChI is InChI=1S/C35H34F3N5O5/c1-21-33(41(2)35(45)43(21)23-8-9-25(36)26(37)18-23)34(44)40-22-7-10-30(27(38)17-22)48-29-11-12-39-28-20-32(31(46-3)19-24(28)29)47-16-6-15-42-13-4-5-14-42/h7-12,17-20H,4-6,13-16H2,1-3H3,(H,40,44). The Labute approximate surface area is 274 Å². The number of methoxy groups -OCH3 is 1. The number of carbonyl (C=O) groups is 1. The molecule has 2 aromatic heterocycles. The lowest BCUT2D eigenvalue weighted by Gasteiger charge is -2.16. The summed E-state index contributed by atoms with van der Waals surface area (Å²) in [5.74, 6) is -2.40. The van der Waals surface area contributed by atoms with E-state index >= 15 is 4.39 Å². The van der Waals surface area contributed by atoms with Crippen molar-refractivity contribution in [1.82, 2.24) is 19.0 Å². The molecule has 0 saturated carbocycles. The molecule has 0 aliphatic carbocycles. The van der Waals surface area contributed by atoms with Crippen molar-refractivity contribution in [3.8, 4) is 28.7 Å². The van der Waals surface area contributed by atoms with E-state index in [4.69, 9.17) is 14.2 Å². The van der Waals surface area contributed by atoms with Gasteiger partial charge in [-0.15, -0.1) is 0 Å². The number of hydrogen-bond acceptors (Lipinski definition) is 7. The highest BCUT2D eigenvalue weighted by Crippen LogP contribution is 2.38. The van der Waals surface area contributed by atoms with E-state index in [0.29, 0.717) is 34.8 Å². The molecule has 48 heavy (non-hydrogen) atoms. The first-order valence-corrected chi connectivity index (χ1v) is 15.5. The number of hydrogen-bond donors (Lipinski definition) is 1. The maximum atomic E-state index is 15.3. The lowest BCUT2D eigenvalue weighted by atomic mass is 10.1. The SMILES string of the molecule is COc1cc2c(Oc3ccc(NC(=O)c4c(C)n(-c5ccc(F)c(F)c5)c(=O)n4C)cc3F)ccnc2cc1OCCCN1CCCC1. The van der Waals surface area contributed by atoms with Crippen molar-refractivity contribution in [3.05, 3.63) is 100 Å². The molecule has 1 amide bonds. The number of pyridine rings is 1. The molecule has 0 spiro atoms. The predicted octanol–water partition coefficient (Wildman–Crippen LogP) is 6.37. The predicted molar refractivity (Wildman–Crippen MR) is 174 cm³/mol. The van der Waals surface area contributed by atoms with E-state index in [1.54, 1.807) is 31.5 Å². The van der Waals surface area contributed by atoms with Crippen LogP contribution in [0.25, 0.3) is 16.6 Å². The van der Waals surface area contributed by atoms with Gasteiger partial charge in [-0.2, -0.15) is 0 Å². The molecule has 0 bridgehead atoms. The zero-order valence-electron chi connectivity index (χ0n) is 26.7. The van der Waals surface area contributed by atoms with Crippen LogP contribution in [0.15, 0.2) is 65.6 Å². The highest BCUT2D eigenvalue weighted by molar-refractivity contribution is 6.04. The summed E-state index contributed by atoms with van der Waals surface area (Å²) in [7, 11) is 2.91. The Balaban J connectivity index is 1.17. The van der Waals surface area contributed by atoms with Crippen LogP contribution in [0.1, 0.15) is 35.4 Å². The van der Waals surface area contributed by atoms with Crippen molar-refractivity contribution < 1.29 is 32.2 Å². The molecule has 1 aliphatic rings. The van der Waals surface area contributed by atoms with Gasteiger partial charge in [-0.3, -0.25) is 18.9 Å². The maximum absolute atomic E-state index is 15.3. The number of carbonyl (C=O) groups excluding carboxylic acids is 1. The van der Waals surface area contributed by atoms with E-state index in [1.807, 2.05) is 0 Å². The number of nitrogens with one attached hydrogen (secondary N) is 1. The monoisotopic (exact) mass is 661 g/mol. The molecule has 10 nitrogen and oxygen atoms in total. The van der Waals surface area contributed by atoms with E-state index in [9.17, 15) is 18.4 Å². The molecule has 250 valence electrons. The van der Waals surface area contributed by atoms with E-state index in [2.05, 4.69) is 15.2 Å². The molecule has 13 heteroatoms. The molecule has 6 rings (SSSR count). The number of imidazole rings is 1. The largest absolute Gasteiger partial charge is 0.493 e. The summed E-state index contributed by atoms with van der Waals surface area (Å²) in [4.78, 5) is 33.0. The zero-order valence-corrected chi connectivity index (χ0v) is 26.7. The van der Waals surface area contributed by atoms with Crippen molar-refractivity contribution in [1.29, 1.82) is 0 Å². The van der Waals surface area contributed by atoms with Crippen LogP contribution in [0, 0.1) is 24.4 Å². The second-order valence-corrected chi connectivity index (χ2v) is 11.5.